The number of anilines is 3. The van der Waals surface area contributed by atoms with Gasteiger partial charge in [-0.25, -0.2) is 9.97 Å². The van der Waals surface area contributed by atoms with Gasteiger partial charge in [-0.05, 0) is 86.9 Å². The third-order valence-electron chi connectivity index (χ3n) is 9.40. The summed E-state index contributed by atoms with van der Waals surface area (Å²) in [5, 5.41) is 8.38. The Balaban J connectivity index is 1.17. The summed E-state index contributed by atoms with van der Waals surface area (Å²) in [5.41, 5.74) is 7.48. The first-order chi connectivity index (χ1) is 23.8. The lowest BCUT2D eigenvalue weighted by atomic mass is 9.94. The molecule has 4 heteroatoms. The average Bonchev–Trinajstić information content (AvgIpc) is 3.15. The minimum Gasteiger partial charge on any atom is -0.308 e. The lowest BCUT2D eigenvalue weighted by Gasteiger charge is -2.33. The first kappa shape index (κ1) is 27.2. The highest BCUT2D eigenvalue weighted by molar-refractivity contribution is 7.99. The zero-order valence-electron chi connectivity index (χ0n) is 25.8. The molecule has 9 aromatic rings. The van der Waals surface area contributed by atoms with Gasteiger partial charge in [-0.1, -0.05) is 121 Å². The molecule has 0 aliphatic carbocycles. The van der Waals surface area contributed by atoms with Crippen LogP contribution in [0.5, 0.6) is 0 Å². The van der Waals surface area contributed by atoms with Crippen molar-refractivity contribution in [1.82, 2.24) is 9.97 Å². The monoisotopic (exact) mass is 629 g/mol. The fourth-order valence-corrected chi connectivity index (χ4v) is 8.25. The normalized spacial score (nSPS) is 12.5. The van der Waals surface area contributed by atoms with E-state index in [1.54, 1.807) is 11.8 Å². The number of fused-ring (bicyclic) bond motifs is 7. The molecule has 8 aromatic carbocycles. The highest BCUT2D eigenvalue weighted by atomic mass is 32.2. The fraction of sp³-hybridized carbons (Fsp3) is 0. The predicted octanol–water partition coefficient (Wildman–Crippen LogP) is 12.4. The van der Waals surface area contributed by atoms with Gasteiger partial charge >= 0.3 is 0 Å². The maximum absolute atomic E-state index is 5.37. The topological polar surface area (TPSA) is 29.0 Å². The standard InChI is InChI=1S/C44H27N3S/c1-2-12-29-25-32(23-21-28(29)11-1)47-39-19-9-10-20-41(39)48-42-27-31(22-24-40(42)47)44-45-38-18-8-7-17-36(38)43(46-44)37-26-30-13-3-4-14-33(30)34-15-5-6-16-35(34)37/h1-27H. The van der Waals surface area contributed by atoms with Crippen LogP contribution in [0.4, 0.5) is 17.1 Å². The minimum absolute atomic E-state index is 0.723. The maximum Gasteiger partial charge on any atom is 0.160 e. The SMILES string of the molecule is c1ccc2c(c1)Sc1cc(-c3nc(-c4cc5ccccc5c5ccccc45)c4ccccc4n3)ccc1N2c1ccc2ccccc2c1. The lowest BCUT2D eigenvalue weighted by Crippen LogP contribution is -2.14. The van der Waals surface area contributed by atoms with E-state index in [2.05, 4.69) is 169 Å². The Bertz CT molecular complexity index is 2730. The Morgan fingerprint density at radius 2 is 1.12 bits per heavy atom. The Labute approximate surface area is 282 Å². The highest BCUT2D eigenvalue weighted by Crippen LogP contribution is 2.52. The van der Waals surface area contributed by atoms with Crippen molar-refractivity contribution in [3.8, 4) is 22.6 Å². The number of aromatic nitrogens is 2. The van der Waals surface area contributed by atoms with Gasteiger partial charge in [0.2, 0.25) is 0 Å². The van der Waals surface area contributed by atoms with Gasteiger partial charge in [0.05, 0.1) is 22.6 Å². The van der Waals surface area contributed by atoms with Crippen LogP contribution in [0, 0.1) is 0 Å². The van der Waals surface area contributed by atoms with Gasteiger partial charge < -0.3 is 4.90 Å². The molecule has 2 heterocycles. The molecule has 1 aliphatic rings. The molecule has 1 aromatic heterocycles. The molecule has 0 fully saturated rings. The van der Waals surface area contributed by atoms with Crippen LogP contribution in [0.2, 0.25) is 0 Å². The number of para-hydroxylation sites is 2. The minimum atomic E-state index is 0.723. The molecule has 0 atom stereocenters. The van der Waals surface area contributed by atoms with Crippen molar-refractivity contribution in [2.45, 2.75) is 9.79 Å². The van der Waals surface area contributed by atoms with Crippen molar-refractivity contribution in [2.75, 3.05) is 4.90 Å². The van der Waals surface area contributed by atoms with Crippen LogP contribution in [0.1, 0.15) is 0 Å². The summed E-state index contributed by atoms with van der Waals surface area (Å²) in [4.78, 5) is 15.3. The Morgan fingerprint density at radius 3 is 2.02 bits per heavy atom. The molecule has 224 valence electrons. The largest absolute Gasteiger partial charge is 0.308 e. The van der Waals surface area contributed by atoms with E-state index >= 15 is 0 Å². The van der Waals surface area contributed by atoms with Gasteiger partial charge in [0.15, 0.2) is 5.82 Å². The fourth-order valence-electron chi connectivity index (χ4n) is 7.15. The van der Waals surface area contributed by atoms with Crippen LogP contribution >= 0.6 is 11.8 Å². The second-order valence-corrected chi connectivity index (χ2v) is 13.3. The summed E-state index contributed by atoms with van der Waals surface area (Å²) in [6.45, 7) is 0. The van der Waals surface area contributed by atoms with Crippen molar-refractivity contribution in [3.63, 3.8) is 0 Å². The van der Waals surface area contributed by atoms with E-state index in [4.69, 9.17) is 9.97 Å². The zero-order valence-corrected chi connectivity index (χ0v) is 26.7. The quantitative estimate of drug-likeness (QED) is 0.182. The lowest BCUT2D eigenvalue weighted by molar-refractivity contribution is 1.16. The van der Waals surface area contributed by atoms with Gasteiger partial charge in [-0.15, -0.1) is 0 Å². The molecule has 0 radical (unpaired) electrons. The van der Waals surface area contributed by atoms with Crippen LogP contribution < -0.4 is 4.90 Å². The molecule has 0 bridgehead atoms. The Morgan fingerprint density at radius 1 is 0.438 bits per heavy atom. The molecule has 1 aliphatic heterocycles. The first-order valence-corrected chi connectivity index (χ1v) is 17.0. The van der Waals surface area contributed by atoms with E-state index in [1.807, 2.05) is 0 Å². The molecule has 0 amide bonds. The van der Waals surface area contributed by atoms with Crippen molar-refractivity contribution < 1.29 is 0 Å². The molecule has 0 spiro atoms. The maximum atomic E-state index is 5.37. The van der Waals surface area contributed by atoms with Crippen LogP contribution in [-0.4, -0.2) is 9.97 Å². The smallest absolute Gasteiger partial charge is 0.160 e. The average molecular weight is 630 g/mol. The molecule has 0 unspecified atom stereocenters. The molecule has 3 nitrogen and oxygen atoms in total. The third kappa shape index (κ3) is 4.30. The van der Waals surface area contributed by atoms with E-state index in [0.29, 0.717) is 0 Å². The number of hydrogen-bond donors (Lipinski definition) is 0. The van der Waals surface area contributed by atoms with Gasteiger partial charge in [0.25, 0.3) is 0 Å². The Kier molecular flexibility index (Phi) is 6.11. The van der Waals surface area contributed by atoms with Crippen LogP contribution in [0.15, 0.2) is 174 Å². The van der Waals surface area contributed by atoms with Crippen molar-refractivity contribution >= 4 is 72.0 Å². The molecule has 0 saturated carbocycles. The van der Waals surface area contributed by atoms with Crippen molar-refractivity contribution in [2.24, 2.45) is 0 Å². The molecule has 0 N–H and O–H groups in total. The number of benzene rings is 8. The summed E-state index contributed by atoms with van der Waals surface area (Å²) in [6, 6.07) is 58.5. The van der Waals surface area contributed by atoms with Crippen LogP contribution in [0.25, 0.3) is 65.9 Å². The summed E-state index contributed by atoms with van der Waals surface area (Å²) in [5.74, 6) is 0.723. The first-order valence-electron chi connectivity index (χ1n) is 16.2. The molecular formula is C44H27N3S. The van der Waals surface area contributed by atoms with Gasteiger partial charge in [-0.2, -0.15) is 0 Å². The van der Waals surface area contributed by atoms with Gasteiger partial charge in [-0.3, -0.25) is 0 Å². The molecule has 48 heavy (non-hydrogen) atoms. The van der Waals surface area contributed by atoms with Gasteiger partial charge in [0.1, 0.15) is 0 Å². The van der Waals surface area contributed by atoms with E-state index in [1.165, 1.54) is 47.8 Å². The number of hydrogen-bond acceptors (Lipinski definition) is 4. The number of rotatable bonds is 3. The summed E-state index contributed by atoms with van der Waals surface area (Å²) < 4.78 is 0. The van der Waals surface area contributed by atoms with Crippen LogP contribution in [-0.2, 0) is 0 Å². The molecule has 10 rings (SSSR count). The van der Waals surface area contributed by atoms with Crippen LogP contribution in [0.3, 0.4) is 0 Å². The van der Waals surface area contributed by atoms with Crippen molar-refractivity contribution in [1.29, 1.82) is 0 Å². The van der Waals surface area contributed by atoms with Gasteiger partial charge in [0, 0.05) is 32.0 Å². The zero-order chi connectivity index (χ0) is 31.6. The predicted molar refractivity (Wildman–Crippen MR) is 202 cm³/mol. The Hall–Kier alpha value is -5.97. The van der Waals surface area contributed by atoms with E-state index < -0.39 is 0 Å². The summed E-state index contributed by atoms with van der Waals surface area (Å²) in [6.07, 6.45) is 0. The van der Waals surface area contributed by atoms with E-state index in [-0.39, 0.29) is 0 Å². The second-order valence-electron chi connectivity index (χ2n) is 12.2. The molecule has 0 saturated heterocycles. The van der Waals surface area contributed by atoms with E-state index in [0.717, 1.165) is 44.9 Å². The molecular weight excluding hydrogens is 603 g/mol. The third-order valence-corrected chi connectivity index (χ3v) is 10.5. The number of nitrogens with zero attached hydrogens (tertiary/aromatic N) is 3. The summed E-state index contributed by atoms with van der Waals surface area (Å²) in [7, 11) is 0. The van der Waals surface area contributed by atoms with Crippen molar-refractivity contribution in [3.05, 3.63) is 164 Å². The summed E-state index contributed by atoms with van der Waals surface area (Å²) >= 11 is 1.80. The second kappa shape index (κ2) is 10.8. The highest BCUT2D eigenvalue weighted by Gasteiger charge is 2.26. The van der Waals surface area contributed by atoms with E-state index in [9.17, 15) is 0 Å².